The van der Waals surface area contributed by atoms with Gasteiger partial charge in [-0.15, -0.1) is 0 Å². The summed E-state index contributed by atoms with van der Waals surface area (Å²) in [7, 11) is 1.83. The fourth-order valence-electron chi connectivity index (χ4n) is 2.33. The summed E-state index contributed by atoms with van der Waals surface area (Å²) in [6.45, 7) is 4.65. The number of nitrogens with zero attached hydrogens (tertiary/aromatic N) is 5. The zero-order valence-electron chi connectivity index (χ0n) is 11.7. The van der Waals surface area contributed by atoms with Crippen LogP contribution in [-0.4, -0.2) is 58.4 Å². The van der Waals surface area contributed by atoms with Crippen LogP contribution in [0.15, 0.2) is 18.6 Å². The molecule has 2 aromatic rings. The second-order valence-corrected chi connectivity index (χ2v) is 4.88. The van der Waals surface area contributed by atoms with E-state index in [4.69, 9.17) is 0 Å². The van der Waals surface area contributed by atoms with Crippen molar-refractivity contribution < 1.29 is 4.79 Å². The highest BCUT2D eigenvalue weighted by atomic mass is 16.2. The maximum Gasteiger partial charge on any atom is 0.241 e. The number of hydrogen-bond acceptors (Lipinski definition) is 5. The number of imidazole rings is 1. The van der Waals surface area contributed by atoms with Crippen molar-refractivity contribution in [3.63, 3.8) is 0 Å². The molecule has 1 N–H and O–H groups in total. The first-order valence-electron chi connectivity index (χ1n) is 6.75. The van der Waals surface area contributed by atoms with Gasteiger partial charge in [-0.05, 0) is 6.92 Å². The third-order valence-corrected chi connectivity index (χ3v) is 3.47. The molecule has 0 spiro atoms. The summed E-state index contributed by atoms with van der Waals surface area (Å²) in [6.07, 6.45) is 5.54. The van der Waals surface area contributed by atoms with Crippen LogP contribution >= 0.6 is 0 Å². The summed E-state index contributed by atoms with van der Waals surface area (Å²) in [5.74, 6) is 1.66. The van der Waals surface area contributed by atoms with Crippen LogP contribution < -0.4 is 10.2 Å². The molecule has 0 radical (unpaired) electrons. The van der Waals surface area contributed by atoms with E-state index < -0.39 is 0 Å². The van der Waals surface area contributed by atoms with Crippen molar-refractivity contribution in [2.45, 2.75) is 6.92 Å². The molecule has 1 fully saturated rings. The number of carbonyl (C=O) groups excluding carboxylic acids is 1. The van der Waals surface area contributed by atoms with Crippen LogP contribution in [-0.2, 0) is 4.79 Å². The molecule has 106 valence electrons. The number of likely N-dealkylation sites (N-methyl/N-ethyl adjacent to an activating group) is 1. The molecule has 1 amide bonds. The zero-order chi connectivity index (χ0) is 14.1. The minimum absolute atomic E-state index is 0.108. The van der Waals surface area contributed by atoms with Gasteiger partial charge in [0.25, 0.3) is 0 Å². The van der Waals surface area contributed by atoms with Crippen LogP contribution in [0, 0.1) is 0 Å². The Hall–Kier alpha value is -2.31. The molecule has 3 rings (SSSR count). The normalized spacial score (nSPS) is 16.0. The minimum Gasteiger partial charge on any atom is -0.369 e. The second kappa shape index (κ2) is 4.99. The number of nitrogens with one attached hydrogen (secondary N) is 1. The van der Waals surface area contributed by atoms with Gasteiger partial charge in [-0.25, -0.2) is 9.97 Å². The third-order valence-electron chi connectivity index (χ3n) is 3.47. The fourth-order valence-corrected chi connectivity index (χ4v) is 2.33. The van der Waals surface area contributed by atoms with E-state index in [0.717, 1.165) is 30.4 Å². The average molecular weight is 274 g/mol. The molecule has 7 heteroatoms. The standard InChI is InChI=1S/C13H18N6O/c1-3-14-10-8-18-5-4-15-12(18)13(16-10)19-7-6-17(2)11(20)9-19/h4-5,8,14H,3,6-7,9H2,1-2H3. The largest absolute Gasteiger partial charge is 0.369 e. The molecule has 0 atom stereocenters. The first-order valence-corrected chi connectivity index (χ1v) is 6.75. The van der Waals surface area contributed by atoms with Crippen molar-refractivity contribution in [1.29, 1.82) is 0 Å². The lowest BCUT2D eigenvalue weighted by Gasteiger charge is -2.32. The fraction of sp³-hybridized carbons (Fsp3) is 0.462. The predicted molar refractivity (Wildman–Crippen MR) is 77.0 cm³/mol. The molecule has 0 saturated carbocycles. The van der Waals surface area contributed by atoms with Gasteiger partial charge in [-0.1, -0.05) is 0 Å². The Morgan fingerprint density at radius 3 is 3.00 bits per heavy atom. The predicted octanol–water partition coefficient (Wildman–Crippen LogP) is 0.439. The summed E-state index contributed by atoms with van der Waals surface area (Å²) >= 11 is 0. The summed E-state index contributed by atoms with van der Waals surface area (Å²) in [4.78, 5) is 24.6. The van der Waals surface area contributed by atoms with Gasteiger partial charge in [0.2, 0.25) is 5.91 Å². The van der Waals surface area contributed by atoms with Crippen LogP contribution in [0.1, 0.15) is 6.92 Å². The Labute approximate surface area is 117 Å². The van der Waals surface area contributed by atoms with E-state index in [2.05, 4.69) is 15.3 Å². The SMILES string of the molecule is CCNc1cn2ccnc2c(N2CCN(C)C(=O)C2)n1. The molecule has 0 aromatic carbocycles. The summed E-state index contributed by atoms with van der Waals surface area (Å²) in [5, 5.41) is 3.21. The van der Waals surface area contributed by atoms with Gasteiger partial charge in [0.1, 0.15) is 5.82 Å². The molecule has 20 heavy (non-hydrogen) atoms. The van der Waals surface area contributed by atoms with Gasteiger partial charge in [0.05, 0.1) is 12.7 Å². The van der Waals surface area contributed by atoms with E-state index in [1.165, 1.54) is 0 Å². The van der Waals surface area contributed by atoms with Gasteiger partial charge >= 0.3 is 0 Å². The van der Waals surface area contributed by atoms with Gasteiger partial charge < -0.3 is 19.5 Å². The van der Waals surface area contributed by atoms with Crippen LogP contribution in [0.5, 0.6) is 0 Å². The Balaban J connectivity index is 2.00. The number of carbonyl (C=O) groups is 1. The molecule has 0 bridgehead atoms. The summed E-state index contributed by atoms with van der Waals surface area (Å²) in [5.41, 5.74) is 0.781. The van der Waals surface area contributed by atoms with Crippen molar-refractivity contribution >= 4 is 23.2 Å². The summed E-state index contributed by atoms with van der Waals surface area (Å²) in [6, 6.07) is 0. The molecule has 1 aliphatic heterocycles. The number of hydrogen-bond donors (Lipinski definition) is 1. The van der Waals surface area contributed by atoms with Crippen LogP contribution in [0.3, 0.4) is 0 Å². The van der Waals surface area contributed by atoms with Crippen molar-refractivity contribution in [3.05, 3.63) is 18.6 Å². The average Bonchev–Trinajstić information content (AvgIpc) is 2.89. The number of amides is 1. The number of fused-ring (bicyclic) bond motifs is 1. The molecule has 3 heterocycles. The van der Waals surface area contributed by atoms with E-state index in [1.54, 1.807) is 11.1 Å². The molecule has 0 unspecified atom stereocenters. The number of rotatable bonds is 3. The second-order valence-electron chi connectivity index (χ2n) is 4.88. The number of aromatic nitrogens is 3. The maximum atomic E-state index is 11.9. The third kappa shape index (κ3) is 2.15. The van der Waals surface area contributed by atoms with E-state index in [0.29, 0.717) is 13.1 Å². The highest BCUT2D eigenvalue weighted by Gasteiger charge is 2.24. The highest BCUT2D eigenvalue weighted by Crippen LogP contribution is 2.22. The smallest absolute Gasteiger partial charge is 0.241 e. The lowest BCUT2D eigenvalue weighted by molar-refractivity contribution is -0.129. The minimum atomic E-state index is 0.108. The van der Waals surface area contributed by atoms with E-state index in [9.17, 15) is 4.79 Å². The quantitative estimate of drug-likeness (QED) is 0.880. The van der Waals surface area contributed by atoms with Crippen molar-refractivity contribution in [1.82, 2.24) is 19.3 Å². The Bertz CT molecular complexity index is 637. The van der Waals surface area contributed by atoms with Crippen LogP contribution in [0.2, 0.25) is 0 Å². The van der Waals surface area contributed by atoms with Crippen LogP contribution in [0.4, 0.5) is 11.6 Å². The molecule has 0 aliphatic carbocycles. The molecule has 1 saturated heterocycles. The van der Waals surface area contributed by atoms with Gasteiger partial charge in [0, 0.05) is 39.1 Å². The first kappa shape index (κ1) is 12.7. The molecule has 7 nitrogen and oxygen atoms in total. The van der Waals surface area contributed by atoms with Gasteiger partial charge in [-0.2, -0.15) is 0 Å². The van der Waals surface area contributed by atoms with E-state index >= 15 is 0 Å². The summed E-state index contributed by atoms with van der Waals surface area (Å²) < 4.78 is 1.93. The maximum absolute atomic E-state index is 11.9. The molecule has 1 aliphatic rings. The van der Waals surface area contributed by atoms with E-state index in [1.807, 2.05) is 35.7 Å². The number of anilines is 2. The van der Waals surface area contributed by atoms with Crippen LogP contribution in [0.25, 0.3) is 5.65 Å². The lowest BCUT2D eigenvalue weighted by Crippen LogP contribution is -2.49. The molecule has 2 aromatic heterocycles. The first-order chi connectivity index (χ1) is 9.69. The molecular formula is C13H18N6O. The highest BCUT2D eigenvalue weighted by molar-refractivity contribution is 5.84. The van der Waals surface area contributed by atoms with Gasteiger partial charge in [0.15, 0.2) is 11.5 Å². The van der Waals surface area contributed by atoms with Crippen molar-refractivity contribution in [3.8, 4) is 0 Å². The van der Waals surface area contributed by atoms with Crippen molar-refractivity contribution in [2.24, 2.45) is 0 Å². The molecular weight excluding hydrogens is 256 g/mol. The van der Waals surface area contributed by atoms with E-state index in [-0.39, 0.29) is 5.91 Å². The Morgan fingerprint density at radius 1 is 1.40 bits per heavy atom. The number of piperazine rings is 1. The topological polar surface area (TPSA) is 65.8 Å². The Kier molecular flexibility index (Phi) is 3.17. The van der Waals surface area contributed by atoms with Crippen molar-refractivity contribution in [2.75, 3.05) is 43.4 Å². The Morgan fingerprint density at radius 2 is 2.25 bits per heavy atom. The van der Waals surface area contributed by atoms with Gasteiger partial charge in [-0.3, -0.25) is 4.79 Å². The monoisotopic (exact) mass is 274 g/mol. The lowest BCUT2D eigenvalue weighted by atomic mass is 10.3. The zero-order valence-corrected chi connectivity index (χ0v) is 11.7.